The van der Waals surface area contributed by atoms with E-state index in [9.17, 15) is 18.0 Å². The molecule has 0 radical (unpaired) electrons. The smallest absolute Gasteiger partial charge is 0.407 e. The Morgan fingerprint density at radius 2 is 2.00 bits per heavy atom. The number of likely N-dealkylation sites (tertiary alicyclic amines) is 1. The van der Waals surface area contributed by atoms with E-state index in [4.69, 9.17) is 16.3 Å². The van der Waals surface area contributed by atoms with Gasteiger partial charge in [-0.05, 0) is 18.1 Å². The Morgan fingerprint density at radius 3 is 2.61 bits per heavy atom. The predicted molar refractivity (Wildman–Crippen MR) is 115 cm³/mol. The predicted octanol–water partition coefficient (Wildman–Crippen LogP) is 2.62. The minimum absolute atomic E-state index is 0.0668. The maximum Gasteiger partial charge on any atom is 0.407 e. The van der Waals surface area contributed by atoms with E-state index in [0.29, 0.717) is 43.8 Å². The molecule has 2 aromatic rings. The van der Waals surface area contributed by atoms with Gasteiger partial charge in [0.15, 0.2) is 9.84 Å². The van der Waals surface area contributed by atoms with Crippen LogP contribution in [0.3, 0.4) is 0 Å². The van der Waals surface area contributed by atoms with Gasteiger partial charge in [0.25, 0.3) is 0 Å². The van der Waals surface area contributed by atoms with Crippen molar-refractivity contribution in [3.63, 3.8) is 0 Å². The Hall–Kier alpha value is -2.65. The zero-order valence-electron chi connectivity index (χ0n) is 16.9. The fourth-order valence-corrected chi connectivity index (χ4v) is 4.85. The van der Waals surface area contributed by atoms with Gasteiger partial charge in [-0.15, -0.1) is 0 Å². The first-order valence-electron chi connectivity index (χ1n) is 9.87. The van der Waals surface area contributed by atoms with Crippen LogP contribution in [0.25, 0.3) is 11.3 Å². The normalized spacial score (nSPS) is 19.0. The number of benzene rings is 1. The number of rotatable bonds is 6. The van der Waals surface area contributed by atoms with Gasteiger partial charge in [-0.25, -0.2) is 13.2 Å². The summed E-state index contributed by atoms with van der Waals surface area (Å²) in [7, 11) is -3.48. The highest BCUT2D eigenvalue weighted by Crippen LogP contribution is 2.32. The number of nitrogens with zero attached hydrogens (tertiary/aromatic N) is 2. The number of ether oxygens (including phenoxy) is 1. The van der Waals surface area contributed by atoms with Crippen molar-refractivity contribution in [1.29, 1.82) is 0 Å². The standard InChI is InChI=1S/C21H22ClN3O5S/c1-31(28,29)18-8-16(22)9-23-20(18)14-4-2-13(3-5-14)15-10-25(11-15)19(26)7-6-17-12-30-21(27)24-17/h2-5,8-9,15,17H,6-7,10-12H2,1H3,(H,24,27)/t17-/m1/s1. The zero-order valence-corrected chi connectivity index (χ0v) is 18.4. The molecule has 3 heterocycles. The Bertz CT molecular complexity index is 1110. The lowest BCUT2D eigenvalue weighted by Crippen LogP contribution is -2.48. The van der Waals surface area contributed by atoms with Gasteiger partial charge >= 0.3 is 6.09 Å². The number of carbonyl (C=O) groups excluding carboxylic acids is 2. The molecule has 2 aliphatic rings. The molecule has 31 heavy (non-hydrogen) atoms. The van der Waals surface area contributed by atoms with E-state index in [-0.39, 0.29) is 27.8 Å². The van der Waals surface area contributed by atoms with Crippen molar-refractivity contribution in [1.82, 2.24) is 15.2 Å². The lowest BCUT2D eigenvalue weighted by Gasteiger charge is -2.40. The number of pyridine rings is 1. The Labute approximate surface area is 185 Å². The highest BCUT2D eigenvalue weighted by molar-refractivity contribution is 7.90. The summed E-state index contributed by atoms with van der Waals surface area (Å²) in [6.45, 7) is 1.59. The molecule has 8 nitrogen and oxygen atoms in total. The molecule has 10 heteroatoms. The van der Waals surface area contributed by atoms with Crippen molar-refractivity contribution in [2.45, 2.75) is 29.7 Å². The van der Waals surface area contributed by atoms with Gasteiger partial charge in [0, 0.05) is 43.4 Å². The lowest BCUT2D eigenvalue weighted by atomic mass is 9.90. The summed E-state index contributed by atoms with van der Waals surface area (Å²) >= 11 is 5.92. The van der Waals surface area contributed by atoms with Crippen molar-refractivity contribution in [3.8, 4) is 11.3 Å². The highest BCUT2D eigenvalue weighted by Gasteiger charge is 2.32. The van der Waals surface area contributed by atoms with E-state index in [1.807, 2.05) is 24.3 Å². The van der Waals surface area contributed by atoms with Crippen LogP contribution in [-0.4, -0.2) is 62.3 Å². The number of carbonyl (C=O) groups is 2. The van der Waals surface area contributed by atoms with E-state index in [0.717, 1.165) is 11.8 Å². The number of amides is 2. The molecular weight excluding hydrogens is 442 g/mol. The quantitative estimate of drug-likeness (QED) is 0.705. The third kappa shape index (κ3) is 4.83. The summed E-state index contributed by atoms with van der Waals surface area (Å²) in [5.41, 5.74) is 2.14. The Kier molecular flexibility index (Phi) is 5.90. The fraction of sp³-hybridized carbons (Fsp3) is 0.381. The van der Waals surface area contributed by atoms with Gasteiger partial charge in [0.05, 0.1) is 21.7 Å². The van der Waals surface area contributed by atoms with Crippen LogP contribution in [0, 0.1) is 0 Å². The van der Waals surface area contributed by atoms with Crippen molar-refractivity contribution in [3.05, 3.63) is 47.1 Å². The molecule has 0 spiro atoms. The van der Waals surface area contributed by atoms with Crippen molar-refractivity contribution in [2.24, 2.45) is 0 Å². The number of halogens is 1. The topological polar surface area (TPSA) is 106 Å². The fourth-order valence-electron chi connectivity index (χ4n) is 3.76. The van der Waals surface area contributed by atoms with Gasteiger partial charge in [-0.3, -0.25) is 9.78 Å². The molecule has 0 saturated carbocycles. The van der Waals surface area contributed by atoms with Gasteiger partial charge in [0.2, 0.25) is 5.91 Å². The number of cyclic esters (lactones) is 1. The molecule has 1 aromatic heterocycles. The van der Waals surface area contributed by atoms with Gasteiger partial charge in [-0.2, -0.15) is 0 Å². The summed E-state index contributed by atoms with van der Waals surface area (Å²) in [6, 6.07) is 8.87. The summed E-state index contributed by atoms with van der Waals surface area (Å²) < 4.78 is 29.0. The van der Waals surface area contributed by atoms with Crippen LogP contribution in [0.15, 0.2) is 41.4 Å². The number of nitrogens with one attached hydrogen (secondary N) is 1. The van der Waals surface area contributed by atoms with Gasteiger partial charge in [-0.1, -0.05) is 35.9 Å². The summed E-state index contributed by atoms with van der Waals surface area (Å²) in [6.07, 6.45) is 3.07. The van der Waals surface area contributed by atoms with E-state index in [1.54, 1.807) is 4.90 Å². The molecule has 0 aliphatic carbocycles. The minimum atomic E-state index is -3.48. The van der Waals surface area contributed by atoms with Crippen LogP contribution in [0.1, 0.15) is 24.3 Å². The van der Waals surface area contributed by atoms with Crippen molar-refractivity contribution >= 4 is 33.4 Å². The van der Waals surface area contributed by atoms with Crippen LogP contribution in [0.4, 0.5) is 4.79 Å². The molecule has 164 valence electrons. The number of hydrogen-bond donors (Lipinski definition) is 1. The second kappa shape index (κ2) is 8.47. The van der Waals surface area contributed by atoms with Crippen molar-refractivity contribution < 1.29 is 22.7 Å². The molecule has 1 atom stereocenters. The Balaban J connectivity index is 1.36. The molecule has 2 amide bonds. The molecule has 2 fully saturated rings. The second-order valence-corrected chi connectivity index (χ2v) is 10.3. The van der Waals surface area contributed by atoms with Gasteiger partial charge in [0.1, 0.15) is 6.61 Å². The molecule has 2 saturated heterocycles. The van der Waals surface area contributed by atoms with Crippen LogP contribution >= 0.6 is 11.6 Å². The third-order valence-corrected chi connectivity index (χ3v) is 6.87. The first kappa shape index (κ1) is 21.6. The van der Waals surface area contributed by atoms with Gasteiger partial charge < -0.3 is 15.0 Å². The first-order valence-corrected chi connectivity index (χ1v) is 12.1. The molecule has 4 rings (SSSR count). The zero-order chi connectivity index (χ0) is 22.2. The van der Waals surface area contributed by atoms with E-state index < -0.39 is 15.9 Å². The molecule has 1 aromatic carbocycles. The van der Waals surface area contributed by atoms with E-state index >= 15 is 0 Å². The second-order valence-electron chi connectivity index (χ2n) is 7.87. The maximum absolute atomic E-state index is 12.3. The van der Waals surface area contributed by atoms with Crippen LogP contribution in [-0.2, 0) is 19.4 Å². The van der Waals surface area contributed by atoms with E-state index in [1.165, 1.54) is 12.3 Å². The third-order valence-electron chi connectivity index (χ3n) is 5.55. The summed E-state index contributed by atoms with van der Waals surface area (Å²) in [5, 5.41) is 2.94. The number of aromatic nitrogens is 1. The lowest BCUT2D eigenvalue weighted by molar-refractivity contribution is -0.135. The maximum atomic E-state index is 12.3. The average molecular weight is 464 g/mol. The summed E-state index contributed by atoms with van der Waals surface area (Å²) in [4.78, 5) is 29.5. The number of alkyl carbamates (subject to hydrolysis) is 1. The van der Waals surface area contributed by atoms with Crippen molar-refractivity contribution in [2.75, 3.05) is 26.0 Å². The minimum Gasteiger partial charge on any atom is -0.447 e. The molecule has 0 unspecified atom stereocenters. The van der Waals surface area contributed by atoms with Crippen LogP contribution in [0.5, 0.6) is 0 Å². The summed E-state index contributed by atoms with van der Waals surface area (Å²) in [5.74, 6) is 0.303. The van der Waals surface area contributed by atoms with E-state index in [2.05, 4.69) is 10.3 Å². The Morgan fingerprint density at radius 1 is 1.29 bits per heavy atom. The van der Waals surface area contributed by atoms with Crippen LogP contribution in [0.2, 0.25) is 5.02 Å². The number of sulfone groups is 1. The average Bonchev–Trinajstić information content (AvgIpc) is 3.10. The molecule has 1 N–H and O–H groups in total. The molecule has 2 aliphatic heterocycles. The van der Waals surface area contributed by atoms with Crippen LogP contribution < -0.4 is 5.32 Å². The first-order chi connectivity index (χ1) is 14.7. The monoisotopic (exact) mass is 463 g/mol. The largest absolute Gasteiger partial charge is 0.447 e. The SMILES string of the molecule is CS(=O)(=O)c1cc(Cl)cnc1-c1ccc(C2CN(C(=O)CC[C@@H]3COC(=O)N3)C2)cc1. The highest BCUT2D eigenvalue weighted by atomic mass is 35.5. The molecule has 0 bridgehead atoms. The number of hydrogen-bond acceptors (Lipinski definition) is 6. The molecular formula is C21H22ClN3O5S.